The van der Waals surface area contributed by atoms with Crippen LogP contribution in [0.25, 0.3) is 0 Å². The van der Waals surface area contributed by atoms with Gasteiger partial charge in [-0.1, -0.05) is 0 Å². The Hall–Kier alpha value is 0.532. The Morgan fingerprint density at radius 1 is 0.846 bits per heavy atom. The zero-order valence-electron chi connectivity index (χ0n) is 11.4. The molecule has 0 saturated heterocycles. The van der Waals surface area contributed by atoms with Gasteiger partial charge in [-0.3, -0.25) is 0 Å². The van der Waals surface area contributed by atoms with Gasteiger partial charge in [0.1, 0.15) is 0 Å². The van der Waals surface area contributed by atoms with Gasteiger partial charge in [-0.25, -0.2) is 0 Å². The molecule has 0 rings (SSSR count). The van der Waals surface area contributed by atoms with Crippen molar-refractivity contribution in [2.24, 2.45) is 0 Å². The first-order valence-electron chi connectivity index (χ1n) is 5.70. The molecule has 0 aromatic heterocycles. The van der Waals surface area contributed by atoms with Crippen molar-refractivity contribution in [3.05, 3.63) is 0 Å². The topological polar surface area (TPSA) is 0 Å². The van der Waals surface area contributed by atoms with Crippen LogP contribution in [0, 0.1) is 0 Å². The molecule has 78 valence electrons. The van der Waals surface area contributed by atoms with Gasteiger partial charge in [0.15, 0.2) is 0 Å². The number of hydrogen-bond acceptors (Lipinski definition) is 0. The molecule has 1 heteroatoms. The molecule has 0 radical (unpaired) electrons. The SMILES string of the molecule is CCC[C](C)(C)[Al+][C](C)(C)CCC.[H-]. The number of rotatable bonds is 6. The van der Waals surface area contributed by atoms with Crippen molar-refractivity contribution in [1.82, 2.24) is 0 Å². The van der Waals surface area contributed by atoms with Gasteiger partial charge < -0.3 is 1.43 Å². The maximum absolute atomic E-state index is 2.45. The van der Waals surface area contributed by atoms with Gasteiger partial charge in [0, 0.05) is 0 Å². The number of hydrogen-bond donors (Lipinski definition) is 0. The summed E-state index contributed by atoms with van der Waals surface area (Å²) in [6, 6.07) is 0. The zero-order chi connectivity index (χ0) is 10.5. The van der Waals surface area contributed by atoms with Crippen LogP contribution in [-0.4, -0.2) is 15.2 Å². The fourth-order valence-corrected chi connectivity index (χ4v) is 5.47. The Morgan fingerprint density at radius 3 is 1.38 bits per heavy atom. The monoisotopic (exact) mass is 198 g/mol. The van der Waals surface area contributed by atoms with E-state index in [1.165, 1.54) is 25.7 Å². The maximum Gasteiger partial charge on any atom is -1.00 e. The van der Waals surface area contributed by atoms with Crippen molar-refractivity contribution < 1.29 is 1.43 Å². The first-order chi connectivity index (χ1) is 5.83. The summed E-state index contributed by atoms with van der Waals surface area (Å²) in [7, 11) is 0. The van der Waals surface area contributed by atoms with Crippen LogP contribution in [0.4, 0.5) is 0 Å². The average molecular weight is 198 g/mol. The average Bonchev–Trinajstić information content (AvgIpc) is 1.82. The summed E-state index contributed by atoms with van der Waals surface area (Å²) in [5.41, 5.74) is 0. The normalized spacial score (nSPS) is 12.8. The van der Waals surface area contributed by atoms with E-state index in [2.05, 4.69) is 41.5 Å². The molecule has 0 saturated carbocycles. The van der Waals surface area contributed by atoms with E-state index in [1.807, 2.05) is 0 Å². The Kier molecular flexibility index (Phi) is 5.64. The van der Waals surface area contributed by atoms with Crippen molar-refractivity contribution >= 4 is 15.2 Å². The summed E-state index contributed by atoms with van der Waals surface area (Å²) in [6.07, 6.45) is 5.47. The summed E-state index contributed by atoms with van der Waals surface area (Å²) in [5.74, 6) is 0. The Labute approximate surface area is 92.7 Å². The molecular weight excluding hydrogens is 171 g/mol. The van der Waals surface area contributed by atoms with Crippen molar-refractivity contribution in [2.75, 3.05) is 0 Å². The third kappa shape index (κ3) is 6.58. The van der Waals surface area contributed by atoms with Crippen molar-refractivity contribution in [3.8, 4) is 0 Å². The first-order valence-corrected chi connectivity index (χ1v) is 6.85. The molecule has 0 bridgehead atoms. The molecule has 0 aliphatic carbocycles. The van der Waals surface area contributed by atoms with E-state index < -0.39 is 0 Å². The third-order valence-corrected chi connectivity index (χ3v) is 4.71. The zero-order valence-corrected chi connectivity index (χ0v) is 11.6. The largest absolute Gasteiger partial charge is 1.00 e. The predicted molar refractivity (Wildman–Crippen MR) is 64.8 cm³/mol. The second kappa shape index (κ2) is 5.42. The van der Waals surface area contributed by atoms with Crippen LogP contribution in [0.1, 0.15) is 68.7 Å². The van der Waals surface area contributed by atoms with Gasteiger partial charge in [0.05, 0.1) is 0 Å². The molecule has 0 aromatic rings. The second-order valence-electron chi connectivity index (χ2n) is 5.62. The van der Waals surface area contributed by atoms with Crippen molar-refractivity contribution in [2.45, 2.75) is 75.8 Å². The Balaban J connectivity index is 0. The third-order valence-electron chi connectivity index (χ3n) is 2.57. The van der Waals surface area contributed by atoms with E-state index in [9.17, 15) is 0 Å². The van der Waals surface area contributed by atoms with E-state index >= 15 is 0 Å². The molecule has 0 aliphatic heterocycles. The predicted octanol–water partition coefficient (Wildman–Crippen LogP) is 4.80. The van der Waals surface area contributed by atoms with Crippen LogP contribution >= 0.6 is 0 Å². The minimum Gasteiger partial charge on any atom is -1.00 e. The summed E-state index contributed by atoms with van der Waals surface area (Å²) in [6.45, 7) is 14.4. The second-order valence-corrected chi connectivity index (χ2v) is 9.04. The standard InChI is InChI=1S/2C6H13.Al.H/c2*1-4-5-6(2)3;;/h2*4-5H2,1-3H3;;/q;;+1;-1. The maximum atomic E-state index is 2.45. The van der Waals surface area contributed by atoms with Gasteiger partial charge >= 0.3 is 91.0 Å². The van der Waals surface area contributed by atoms with Crippen LogP contribution in [0.2, 0.25) is 8.55 Å². The quantitative estimate of drug-likeness (QED) is 0.538. The van der Waals surface area contributed by atoms with Crippen LogP contribution in [0.5, 0.6) is 0 Å². The minimum absolute atomic E-state index is 0. The molecule has 0 amide bonds. The molecule has 0 nitrogen and oxygen atoms in total. The molecule has 0 aromatic carbocycles. The van der Waals surface area contributed by atoms with Gasteiger partial charge in [-0.2, -0.15) is 0 Å². The fourth-order valence-electron chi connectivity index (χ4n) is 2.49. The summed E-state index contributed by atoms with van der Waals surface area (Å²) < 4.78 is 1.24. The van der Waals surface area contributed by atoms with Gasteiger partial charge in [0.2, 0.25) is 0 Å². The van der Waals surface area contributed by atoms with Gasteiger partial charge in [-0.05, 0) is 0 Å². The van der Waals surface area contributed by atoms with Crippen molar-refractivity contribution in [3.63, 3.8) is 0 Å². The molecular formula is C12H27Al. The molecule has 0 atom stereocenters. The first kappa shape index (κ1) is 13.5. The summed E-state index contributed by atoms with van der Waals surface area (Å²) >= 11 is 0.572. The van der Waals surface area contributed by atoms with Gasteiger partial charge in [-0.15, -0.1) is 0 Å². The molecule has 0 unspecified atom stereocenters. The van der Waals surface area contributed by atoms with Crippen LogP contribution in [-0.2, 0) is 0 Å². The van der Waals surface area contributed by atoms with Crippen LogP contribution in [0.3, 0.4) is 0 Å². The van der Waals surface area contributed by atoms with Gasteiger partial charge in [0.25, 0.3) is 0 Å². The summed E-state index contributed by atoms with van der Waals surface area (Å²) in [4.78, 5) is 0. The van der Waals surface area contributed by atoms with E-state index in [0.29, 0.717) is 23.8 Å². The molecule has 0 spiro atoms. The van der Waals surface area contributed by atoms with E-state index in [1.54, 1.807) is 0 Å². The summed E-state index contributed by atoms with van der Waals surface area (Å²) in [5, 5.41) is 0. The van der Waals surface area contributed by atoms with E-state index in [0.717, 1.165) is 0 Å². The van der Waals surface area contributed by atoms with Crippen molar-refractivity contribution in [1.29, 1.82) is 0 Å². The van der Waals surface area contributed by atoms with Crippen LogP contribution in [0.15, 0.2) is 0 Å². The Bertz CT molecular complexity index is 125. The fraction of sp³-hybridized carbons (Fsp3) is 1.00. The smallest absolute Gasteiger partial charge is 1.00 e. The molecule has 0 fully saturated rings. The van der Waals surface area contributed by atoms with E-state index in [4.69, 9.17) is 0 Å². The molecule has 13 heavy (non-hydrogen) atoms. The molecule has 0 N–H and O–H groups in total. The molecule has 0 heterocycles. The molecule has 0 aliphatic rings. The Morgan fingerprint density at radius 2 is 1.15 bits per heavy atom. The minimum atomic E-state index is 0. The van der Waals surface area contributed by atoms with E-state index in [-0.39, 0.29) is 1.43 Å². The van der Waals surface area contributed by atoms with Crippen LogP contribution < -0.4 is 0 Å².